The molecule has 3 rings (SSSR count). The second-order valence-electron chi connectivity index (χ2n) is 7.13. The molecule has 0 aromatic carbocycles. The quantitative estimate of drug-likeness (QED) is 0.894. The number of likely N-dealkylation sites (tertiary alicyclic amines) is 1. The number of aromatic nitrogens is 2. The fraction of sp³-hybridized carbons (Fsp3) is 0.688. The van der Waals surface area contributed by atoms with Crippen LogP contribution in [0.1, 0.15) is 65.0 Å². The van der Waals surface area contributed by atoms with Gasteiger partial charge < -0.3 is 10.2 Å². The topological polar surface area (TPSA) is 78.1 Å². The molecule has 2 fully saturated rings. The Kier molecular flexibility index (Phi) is 3.70. The van der Waals surface area contributed by atoms with Crippen molar-refractivity contribution in [1.82, 2.24) is 20.4 Å². The van der Waals surface area contributed by atoms with Gasteiger partial charge in [-0.05, 0) is 31.2 Å². The molecular formula is C16H28N4O2. The molecule has 1 saturated carbocycles. The van der Waals surface area contributed by atoms with Gasteiger partial charge in [-0.3, -0.25) is 14.7 Å². The smallest absolute Gasteiger partial charge is 0.274 e. The first-order chi connectivity index (χ1) is 10.4. The van der Waals surface area contributed by atoms with Crippen molar-refractivity contribution >= 4 is 11.8 Å². The Balaban J connectivity index is 0.00000144. The van der Waals surface area contributed by atoms with Gasteiger partial charge in [0.05, 0.1) is 0 Å². The Morgan fingerprint density at radius 1 is 1.50 bits per heavy atom. The summed E-state index contributed by atoms with van der Waals surface area (Å²) < 4.78 is 0. The first-order valence-electron chi connectivity index (χ1n) is 8.04. The molecule has 6 nitrogen and oxygen atoms in total. The summed E-state index contributed by atoms with van der Waals surface area (Å²) in [6.07, 6.45) is 2.76. The van der Waals surface area contributed by atoms with Crippen LogP contribution in [0.15, 0.2) is 6.07 Å². The summed E-state index contributed by atoms with van der Waals surface area (Å²) in [4.78, 5) is 26.3. The van der Waals surface area contributed by atoms with Gasteiger partial charge in [0.15, 0.2) is 0 Å². The van der Waals surface area contributed by atoms with E-state index >= 15 is 0 Å². The van der Waals surface area contributed by atoms with Crippen molar-refractivity contribution in [3.05, 3.63) is 17.5 Å². The zero-order chi connectivity index (χ0) is 15.9. The summed E-state index contributed by atoms with van der Waals surface area (Å²) in [6.45, 7) is 7.36. The summed E-state index contributed by atoms with van der Waals surface area (Å²) in [5.41, 5.74) is 1.27. The van der Waals surface area contributed by atoms with Crippen molar-refractivity contribution in [2.75, 3.05) is 13.1 Å². The van der Waals surface area contributed by atoms with E-state index in [0.29, 0.717) is 24.7 Å². The van der Waals surface area contributed by atoms with Crippen LogP contribution < -0.4 is 5.32 Å². The highest BCUT2D eigenvalue weighted by molar-refractivity contribution is 5.92. The molecule has 0 bridgehead atoms. The molecule has 1 aromatic heterocycles. The number of hydrogen-bond donors (Lipinski definition) is 2. The third-order valence-corrected chi connectivity index (χ3v) is 4.80. The van der Waals surface area contributed by atoms with E-state index in [9.17, 15) is 9.59 Å². The summed E-state index contributed by atoms with van der Waals surface area (Å²) in [6, 6.07) is 1.89. The molecule has 124 valence electrons. The lowest BCUT2D eigenvalue weighted by atomic mass is 10.1. The molecule has 1 atom stereocenters. The normalized spacial score (nSPS) is 22.9. The molecule has 1 aliphatic carbocycles. The Morgan fingerprint density at radius 3 is 2.82 bits per heavy atom. The van der Waals surface area contributed by atoms with Gasteiger partial charge in [-0.25, -0.2) is 0 Å². The van der Waals surface area contributed by atoms with Gasteiger partial charge in [-0.2, -0.15) is 5.10 Å². The molecule has 2 aliphatic rings. The molecule has 1 aromatic rings. The number of nitrogens with one attached hydrogen (secondary N) is 2. The maximum atomic E-state index is 12.5. The highest BCUT2D eigenvalue weighted by Gasteiger charge is 2.45. The largest absolute Gasteiger partial charge is 0.351 e. The molecule has 2 amide bonds. The zero-order valence-corrected chi connectivity index (χ0v) is 13.5. The highest BCUT2D eigenvalue weighted by atomic mass is 16.2. The average Bonchev–Trinajstić information content (AvgIpc) is 2.95. The van der Waals surface area contributed by atoms with Crippen LogP contribution in [0.25, 0.3) is 0 Å². The number of aromatic amines is 1. The third kappa shape index (κ3) is 2.87. The predicted octanol–water partition coefficient (Wildman–Crippen LogP) is 2.16. The van der Waals surface area contributed by atoms with Crippen molar-refractivity contribution in [3.8, 4) is 0 Å². The number of amides is 2. The van der Waals surface area contributed by atoms with E-state index in [1.807, 2.05) is 13.0 Å². The molecule has 22 heavy (non-hydrogen) atoms. The number of hydrogen-bond acceptors (Lipinski definition) is 3. The number of H-pyrrole nitrogens is 1. The average molecular weight is 308 g/mol. The van der Waals surface area contributed by atoms with Crippen LogP contribution >= 0.6 is 0 Å². The molecule has 6 heteroatoms. The Labute approximate surface area is 133 Å². The minimum absolute atomic E-state index is 0. The van der Waals surface area contributed by atoms with Crippen LogP contribution in [-0.2, 0) is 4.79 Å². The van der Waals surface area contributed by atoms with E-state index in [1.54, 1.807) is 4.90 Å². The Bertz CT molecular complexity index is 599. The first kappa shape index (κ1) is 15.1. The van der Waals surface area contributed by atoms with Gasteiger partial charge in [0, 0.05) is 33.1 Å². The molecule has 1 aliphatic heterocycles. The molecule has 2 heterocycles. The molecule has 0 spiro atoms. The van der Waals surface area contributed by atoms with Crippen molar-refractivity contribution in [3.63, 3.8) is 0 Å². The monoisotopic (exact) mass is 308 g/mol. The van der Waals surface area contributed by atoms with Crippen molar-refractivity contribution in [2.24, 2.45) is 5.41 Å². The van der Waals surface area contributed by atoms with Gasteiger partial charge in [0.1, 0.15) is 5.69 Å². The molecule has 2 N–H and O–H groups in total. The van der Waals surface area contributed by atoms with Gasteiger partial charge in [0.25, 0.3) is 5.91 Å². The van der Waals surface area contributed by atoms with E-state index < -0.39 is 0 Å². The molecular weight excluding hydrogens is 280 g/mol. The van der Waals surface area contributed by atoms with Crippen LogP contribution in [0, 0.1) is 5.41 Å². The van der Waals surface area contributed by atoms with Crippen LogP contribution in [0.3, 0.4) is 0 Å². The van der Waals surface area contributed by atoms with E-state index in [4.69, 9.17) is 0 Å². The third-order valence-electron chi connectivity index (χ3n) is 4.80. The van der Waals surface area contributed by atoms with E-state index in [0.717, 1.165) is 25.0 Å². The SMILES string of the molecule is CC(C)c1cc(C(=O)N2CC[C@H](NC(=O)C3(C)CC3)C2)n[nH]1.[HH].[HH]. The standard InChI is InChI=1S/C16H24N4O2.2H2/c1-10(2)12-8-13(19-18-12)14(21)20-7-4-11(9-20)17-15(22)16(3)5-6-16;;/h8,10-11H,4-7,9H2,1-3H3,(H,17,22)(H,18,19);2*1H/t11-;;/m0../s1. The highest BCUT2D eigenvalue weighted by Crippen LogP contribution is 2.45. The number of nitrogens with zero attached hydrogens (tertiary/aromatic N) is 2. The summed E-state index contributed by atoms with van der Waals surface area (Å²) in [5.74, 6) is 0.394. The van der Waals surface area contributed by atoms with Crippen LogP contribution in [-0.4, -0.2) is 46.0 Å². The number of carbonyl (C=O) groups excluding carboxylic acids is 2. The number of rotatable bonds is 4. The maximum Gasteiger partial charge on any atom is 0.274 e. The first-order valence-corrected chi connectivity index (χ1v) is 8.04. The Morgan fingerprint density at radius 2 is 2.23 bits per heavy atom. The van der Waals surface area contributed by atoms with Crippen molar-refractivity contribution in [2.45, 2.75) is 52.0 Å². The zero-order valence-electron chi connectivity index (χ0n) is 13.5. The lowest BCUT2D eigenvalue weighted by Gasteiger charge is -2.17. The van der Waals surface area contributed by atoms with Gasteiger partial charge >= 0.3 is 0 Å². The molecule has 0 radical (unpaired) electrons. The maximum absolute atomic E-state index is 12.5. The van der Waals surface area contributed by atoms with Gasteiger partial charge in [-0.1, -0.05) is 20.8 Å². The van der Waals surface area contributed by atoms with Crippen molar-refractivity contribution < 1.29 is 12.4 Å². The van der Waals surface area contributed by atoms with Crippen LogP contribution in [0.5, 0.6) is 0 Å². The van der Waals surface area contributed by atoms with Crippen molar-refractivity contribution in [1.29, 1.82) is 0 Å². The predicted molar refractivity (Wildman–Crippen MR) is 86.7 cm³/mol. The lowest BCUT2D eigenvalue weighted by Crippen LogP contribution is -2.41. The fourth-order valence-corrected chi connectivity index (χ4v) is 2.74. The molecule has 1 saturated heterocycles. The van der Waals surface area contributed by atoms with Crippen LogP contribution in [0.2, 0.25) is 0 Å². The Hall–Kier alpha value is -1.85. The second kappa shape index (κ2) is 5.41. The van der Waals surface area contributed by atoms with Gasteiger partial charge in [0.2, 0.25) is 5.91 Å². The van der Waals surface area contributed by atoms with E-state index in [2.05, 4.69) is 29.4 Å². The fourth-order valence-electron chi connectivity index (χ4n) is 2.74. The lowest BCUT2D eigenvalue weighted by molar-refractivity contribution is -0.126. The number of carbonyl (C=O) groups is 2. The minimum Gasteiger partial charge on any atom is -0.351 e. The van der Waals surface area contributed by atoms with E-state index in [-0.39, 0.29) is 26.1 Å². The molecule has 0 unspecified atom stereocenters. The minimum atomic E-state index is -0.161. The van der Waals surface area contributed by atoms with Crippen LogP contribution in [0.4, 0.5) is 0 Å². The second-order valence-corrected chi connectivity index (χ2v) is 7.13. The summed E-state index contributed by atoms with van der Waals surface area (Å²) in [7, 11) is 0. The summed E-state index contributed by atoms with van der Waals surface area (Å²) in [5, 5.41) is 10.1. The van der Waals surface area contributed by atoms with Gasteiger partial charge in [-0.15, -0.1) is 0 Å². The van der Waals surface area contributed by atoms with E-state index in [1.165, 1.54) is 0 Å². The summed E-state index contributed by atoms with van der Waals surface area (Å²) >= 11 is 0.